The highest BCUT2D eigenvalue weighted by Crippen LogP contribution is 2.52. The van der Waals surface area contributed by atoms with E-state index in [1.807, 2.05) is 33.7 Å². The molecule has 29 heavy (non-hydrogen) atoms. The average molecular weight is 417 g/mol. The molecular weight excluding hydrogens is 388 g/mol. The maximum atomic E-state index is 13.0. The maximum Gasteiger partial charge on any atom is 0.416 e. The van der Waals surface area contributed by atoms with Gasteiger partial charge in [0.1, 0.15) is 0 Å². The maximum absolute atomic E-state index is 13.0. The van der Waals surface area contributed by atoms with Crippen molar-refractivity contribution in [1.82, 2.24) is 19.4 Å². The molecule has 2 fully saturated rings. The fraction of sp³-hybridized carbons (Fsp3) is 0.545. The molecular formula is C22H29ClN4O2. The number of aryl methyl sites for hydroxylation is 1. The van der Waals surface area contributed by atoms with Crippen LogP contribution in [0.1, 0.15) is 25.8 Å². The molecule has 0 N–H and O–H groups in total. The van der Waals surface area contributed by atoms with E-state index in [1.165, 1.54) is 0 Å². The number of benzene rings is 1. The van der Waals surface area contributed by atoms with E-state index in [0.717, 1.165) is 38.2 Å². The van der Waals surface area contributed by atoms with Crippen molar-refractivity contribution in [3.63, 3.8) is 0 Å². The number of fused-ring (bicyclic) bond motifs is 1. The van der Waals surface area contributed by atoms with E-state index in [1.54, 1.807) is 12.5 Å². The molecule has 0 radical (unpaired) electrons. The van der Waals surface area contributed by atoms with Crippen LogP contribution < -0.4 is 4.74 Å². The van der Waals surface area contributed by atoms with Crippen molar-refractivity contribution in [1.29, 1.82) is 0 Å². The van der Waals surface area contributed by atoms with Crippen LogP contribution in [-0.4, -0.2) is 51.6 Å². The molecule has 0 bridgehead atoms. The fourth-order valence-corrected chi connectivity index (χ4v) is 4.72. The highest BCUT2D eigenvalue weighted by Gasteiger charge is 2.55. The number of amides is 1. The van der Waals surface area contributed by atoms with Gasteiger partial charge in [-0.25, -0.2) is 9.78 Å². The minimum absolute atomic E-state index is 0.343. The summed E-state index contributed by atoms with van der Waals surface area (Å²) in [6, 6.07) is 7.66. The highest BCUT2D eigenvalue weighted by atomic mass is 35.5. The van der Waals surface area contributed by atoms with Gasteiger partial charge in [0.15, 0.2) is 0 Å². The monoisotopic (exact) mass is 416 g/mol. The molecule has 2 unspecified atom stereocenters. The van der Waals surface area contributed by atoms with E-state index in [0.29, 0.717) is 41.7 Å². The Bertz CT molecular complexity index is 843. The van der Waals surface area contributed by atoms with E-state index in [-0.39, 0.29) is 6.09 Å². The van der Waals surface area contributed by atoms with Crippen molar-refractivity contribution in [2.24, 2.45) is 17.8 Å². The number of ether oxygens (including phenoxy) is 1. The lowest BCUT2D eigenvalue weighted by Crippen LogP contribution is -2.36. The Morgan fingerprint density at radius 3 is 2.79 bits per heavy atom. The molecule has 1 saturated carbocycles. The minimum Gasteiger partial charge on any atom is -0.389 e. The summed E-state index contributed by atoms with van der Waals surface area (Å²) in [5, 5.41) is 0.677. The number of carbonyl (C=O) groups excluding carboxylic acids is 1. The van der Waals surface area contributed by atoms with E-state index in [2.05, 4.69) is 23.7 Å². The molecule has 2 heterocycles. The quantitative estimate of drug-likeness (QED) is 0.648. The second kappa shape index (κ2) is 8.76. The molecule has 1 aromatic heterocycles. The van der Waals surface area contributed by atoms with Crippen LogP contribution >= 0.6 is 11.6 Å². The second-order valence-electron chi connectivity index (χ2n) is 8.17. The first-order valence-corrected chi connectivity index (χ1v) is 10.9. The van der Waals surface area contributed by atoms with Gasteiger partial charge in [-0.15, -0.1) is 0 Å². The minimum atomic E-state index is -0.343. The van der Waals surface area contributed by atoms with Gasteiger partial charge in [0.2, 0.25) is 5.88 Å². The number of likely N-dealkylation sites (tertiary alicyclic amines) is 1. The van der Waals surface area contributed by atoms with Gasteiger partial charge in [-0.3, -0.25) is 0 Å². The van der Waals surface area contributed by atoms with E-state index < -0.39 is 0 Å². The molecule has 2 aromatic rings. The summed E-state index contributed by atoms with van der Waals surface area (Å²) < 4.78 is 7.55. The predicted molar refractivity (Wildman–Crippen MR) is 113 cm³/mol. The van der Waals surface area contributed by atoms with Gasteiger partial charge in [0, 0.05) is 37.7 Å². The van der Waals surface area contributed by atoms with E-state index in [4.69, 9.17) is 16.3 Å². The molecule has 1 aliphatic carbocycles. The molecule has 7 heteroatoms. The zero-order chi connectivity index (χ0) is 20.4. The predicted octanol–water partition coefficient (Wildman–Crippen LogP) is 4.15. The Balaban J connectivity index is 1.43. The van der Waals surface area contributed by atoms with Crippen LogP contribution in [0.25, 0.3) is 0 Å². The number of rotatable bonds is 8. The summed E-state index contributed by atoms with van der Waals surface area (Å²) in [4.78, 5) is 21.5. The topological polar surface area (TPSA) is 50.6 Å². The van der Waals surface area contributed by atoms with Crippen molar-refractivity contribution in [3.8, 4) is 5.88 Å². The summed E-state index contributed by atoms with van der Waals surface area (Å²) in [5.74, 6) is 2.32. The standard InChI is InChI=1S/C22H29ClN4O2/c1-3-8-26-14-21(24-15-26)29-22(28)27(10-16-6-5-7-17(23)9-16)13-20-18-11-25(4-2)12-19(18)20/h5-7,9,14-15,18-20H,3-4,8,10-13H2,1-2H3. The first-order chi connectivity index (χ1) is 14.1. The molecule has 2 atom stereocenters. The van der Waals surface area contributed by atoms with Crippen LogP contribution in [0.15, 0.2) is 36.8 Å². The van der Waals surface area contributed by atoms with Crippen LogP contribution in [0.3, 0.4) is 0 Å². The lowest BCUT2D eigenvalue weighted by Gasteiger charge is -2.24. The van der Waals surface area contributed by atoms with Crippen LogP contribution in [-0.2, 0) is 13.1 Å². The Labute approximate surface area is 177 Å². The molecule has 1 aliphatic heterocycles. The third kappa shape index (κ3) is 4.75. The fourth-order valence-electron chi connectivity index (χ4n) is 4.51. The number of carbonyl (C=O) groups is 1. The van der Waals surface area contributed by atoms with Crippen molar-refractivity contribution >= 4 is 17.7 Å². The Kier molecular flexibility index (Phi) is 6.11. The molecule has 1 aromatic carbocycles. The molecule has 156 valence electrons. The lowest BCUT2D eigenvalue weighted by atomic mass is 10.2. The summed E-state index contributed by atoms with van der Waals surface area (Å²) in [5.41, 5.74) is 1.01. The van der Waals surface area contributed by atoms with E-state index in [9.17, 15) is 4.79 Å². The molecule has 6 nitrogen and oxygen atoms in total. The normalized spacial score (nSPS) is 23.1. The number of halogens is 1. The molecule has 1 saturated heterocycles. The second-order valence-corrected chi connectivity index (χ2v) is 8.61. The Morgan fingerprint density at radius 2 is 2.10 bits per heavy atom. The van der Waals surface area contributed by atoms with Gasteiger partial charge in [0.25, 0.3) is 0 Å². The van der Waals surface area contributed by atoms with Crippen molar-refractivity contribution in [2.75, 3.05) is 26.2 Å². The van der Waals surface area contributed by atoms with Crippen molar-refractivity contribution < 1.29 is 9.53 Å². The molecule has 2 aliphatic rings. The van der Waals surface area contributed by atoms with Crippen molar-refractivity contribution in [2.45, 2.75) is 33.4 Å². The third-order valence-corrected chi connectivity index (χ3v) is 6.36. The number of aromatic nitrogens is 2. The van der Waals surface area contributed by atoms with Crippen LogP contribution in [0.2, 0.25) is 5.02 Å². The van der Waals surface area contributed by atoms with Gasteiger partial charge in [-0.05, 0) is 48.4 Å². The zero-order valence-electron chi connectivity index (χ0n) is 17.1. The summed E-state index contributed by atoms with van der Waals surface area (Å²) in [6.07, 6.45) is 4.15. The number of nitrogens with zero attached hydrogens (tertiary/aromatic N) is 4. The number of hydrogen-bond acceptors (Lipinski definition) is 4. The lowest BCUT2D eigenvalue weighted by molar-refractivity contribution is 0.141. The Morgan fingerprint density at radius 1 is 1.31 bits per heavy atom. The average Bonchev–Trinajstić information content (AvgIpc) is 3.04. The third-order valence-electron chi connectivity index (χ3n) is 6.13. The largest absolute Gasteiger partial charge is 0.416 e. The van der Waals surface area contributed by atoms with E-state index >= 15 is 0 Å². The van der Waals surface area contributed by atoms with Gasteiger partial charge < -0.3 is 19.1 Å². The number of hydrogen-bond donors (Lipinski definition) is 0. The van der Waals surface area contributed by atoms with Gasteiger partial charge in [-0.2, -0.15) is 0 Å². The highest BCUT2D eigenvalue weighted by molar-refractivity contribution is 6.30. The smallest absolute Gasteiger partial charge is 0.389 e. The summed E-state index contributed by atoms with van der Waals surface area (Å²) in [7, 11) is 0. The number of imidazole rings is 1. The zero-order valence-corrected chi connectivity index (χ0v) is 17.9. The van der Waals surface area contributed by atoms with Gasteiger partial charge in [-0.1, -0.05) is 37.6 Å². The first-order valence-electron chi connectivity index (χ1n) is 10.5. The van der Waals surface area contributed by atoms with Crippen molar-refractivity contribution in [3.05, 3.63) is 47.4 Å². The van der Waals surface area contributed by atoms with Crippen LogP contribution in [0.4, 0.5) is 4.79 Å². The first kappa shape index (κ1) is 20.2. The van der Waals surface area contributed by atoms with Gasteiger partial charge in [0.05, 0.1) is 12.5 Å². The van der Waals surface area contributed by atoms with Gasteiger partial charge >= 0.3 is 6.09 Å². The summed E-state index contributed by atoms with van der Waals surface area (Å²) in [6.45, 7) is 9.77. The molecule has 4 rings (SSSR count). The van der Waals surface area contributed by atoms with Crippen LogP contribution in [0, 0.1) is 17.8 Å². The summed E-state index contributed by atoms with van der Waals surface area (Å²) >= 11 is 6.15. The Hall–Kier alpha value is -2.05. The van der Waals surface area contributed by atoms with Crippen LogP contribution in [0.5, 0.6) is 5.88 Å². The SMILES string of the molecule is CCCn1cnc(OC(=O)N(Cc2cccc(Cl)c2)CC2C3CN(CC)CC32)c1. The molecule has 1 amide bonds. The number of piperidine rings is 1. The molecule has 0 spiro atoms.